The molecule has 0 aliphatic carbocycles. The summed E-state index contributed by atoms with van der Waals surface area (Å²) >= 11 is 0. The van der Waals surface area contributed by atoms with Crippen molar-refractivity contribution in [3.05, 3.63) is 29.3 Å². The van der Waals surface area contributed by atoms with Crippen LogP contribution in [0.2, 0.25) is 0 Å². The van der Waals surface area contributed by atoms with Gasteiger partial charge in [0, 0.05) is 13.0 Å². The molecule has 1 aromatic carbocycles. The first-order chi connectivity index (χ1) is 14.9. The molecule has 1 saturated heterocycles. The molecule has 10 nitrogen and oxygen atoms in total. The van der Waals surface area contributed by atoms with E-state index in [0.717, 1.165) is 30.6 Å². The van der Waals surface area contributed by atoms with E-state index >= 15 is 0 Å². The number of halogens is 1. The van der Waals surface area contributed by atoms with E-state index in [1.54, 1.807) is 0 Å². The molecule has 0 bridgehead atoms. The van der Waals surface area contributed by atoms with E-state index in [4.69, 9.17) is 10.5 Å². The van der Waals surface area contributed by atoms with Gasteiger partial charge in [0.1, 0.15) is 11.8 Å². The van der Waals surface area contributed by atoms with Crippen molar-refractivity contribution in [3.8, 4) is 5.75 Å². The maximum absolute atomic E-state index is 12.8. The molecule has 32 heavy (non-hydrogen) atoms. The monoisotopic (exact) mass is 466 g/mol. The van der Waals surface area contributed by atoms with Crippen LogP contribution in [-0.4, -0.2) is 60.2 Å². The molecule has 1 fully saturated rings. The second-order valence-electron chi connectivity index (χ2n) is 7.50. The molecule has 1 aromatic rings. The summed E-state index contributed by atoms with van der Waals surface area (Å²) in [6, 6.07) is 3.30. The third-order valence-electron chi connectivity index (χ3n) is 5.23. The summed E-state index contributed by atoms with van der Waals surface area (Å²) in [6.45, 7) is 0.992. The highest BCUT2D eigenvalue weighted by molar-refractivity contribution is 6.23. The predicted octanol–water partition coefficient (Wildman–Crippen LogP) is 0.524. The number of benzene rings is 1. The van der Waals surface area contributed by atoms with E-state index in [-0.39, 0.29) is 54.6 Å². The minimum atomic E-state index is -1.02. The lowest BCUT2D eigenvalue weighted by Gasteiger charge is -2.27. The number of amides is 5. The molecular formula is C21H27ClN4O6. The minimum absolute atomic E-state index is 0. The zero-order valence-corrected chi connectivity index (χ0v) is 18.4. The topological polar surface area (TPSA) is 148 Å². The van der Waals surface area contributed by atoms with Crippen molar-refractivity contribution in [3.63, 3.8) is 0 Å². The average Bonchev–Trinajstić information content (AvgIpc) is 2.99. The van der Waals surface area contributed by atoms with Gasteiger partial charge in [-0.1, -0.05) is 12.8 Å². The quantitative estimate of drug-likeness (QED) is 0.336. The van der Waals surface area contributed by atoms with Crippen molar-refractivity contribution in [2.24, 2.45) is 5.73 Å². The molecular weight excluding hydrogens is 440 g/mol. The Hall–Kier alpha value is -2.98. The zero-order valence-electron chi connectivity index (χ0n) is 17.6. The third-order valence-corrected chi connectivity index (χ3v) is 5.23. The largest absolute Gasteiger partial charge is 0.484 e. The van der Waals surface area contributed by atoms with Crippen LogP contribution in [0.15, 0.2) is 18.2 Å². The Balaban J connectivity index is 0.00000363. The number of ether oxygens (including phenoxy) is 1. The molecule has 11 heteroatoms. The first-order valence-corrected chi connectivity index (χ1v) is 10.4. The fourth-order valence-electron chi connectivity index (χ4n) is 3.59. The summed E-state index contributed by atoms with van der Waals surface area (Å²) < 4.78 is 5.45. The van der Waals surface area contributed by atoms with Gasteiger partial charge >= 0.3 is 0 Å². The highest BCUT2D eigenvalue weighted by Crippen LogP contribution is 2.30. The number of rotatable bonds is 10. The van der Waals surface area contributed by atoms with Gasteiger partial charge in [-0.15, -0.1) is 12.4 Å². The van der Waals surface area contributed by atoms with Crippen molar-refractivity contribution in [1.29, 1.82) is 0 Å². The molecule has 2 aliphatic heterocycles. The molecule has 1 atom stereocenters. The lowest BCUT2D eigenvalue weighted by molar-refractivity contribution is -0.136. The number of nitrogens with two attached hydrogens (primary N) is 1. The van der Waals surface area contributed by atoms with Crippen molar-refractivity contribution in [2.45, 2.75) is 44.6 Å². The fourth-order valence-corrected chi connectivity index (χ4v) is 3.59. The summed E-state index contributed by atoms with van der Waals surface area (Å²) in [4.78, 5) is 61.6. The summed E-state index contributed by atoms with van der Waals surface area (Å²) in [7, 11) is 0. The highest BCUT2D eigenvalue weighted by atomic mass is 35.5. The smallest absolute Gasteiger partial charge is 0.262 e. The second-order valence-corrected chi connectivity index (χ2v) is 7.50. The maximum Gasteiger partial charge on any atom is 0.262 e. The van der Waals surface area contributed by atoms with Gasteiger partial charge in [0.25, 0.3) is 17.7 Å². The number of carbonyl (C=O) groups is 5. The van der Waals surface area contributed by atoms with Gasteiger partial charge in [-0.05, 0) is 44.0 Å². The van der Waals surface area contributed by atoms with Crippen LogP contribution >= 0.6 is 12.4 Å². The van der Waals surface area contributed by atoms with Crippen LogP contribution in [0.1, 0.15) is 59.2 Å². The van der Waals surface area contributed by atoms with Crippen LogP contribution in [0, 0.1) is 0 Å². The van der Waals surface area contributed by atoms with Crippen molar-refractivity contribution in [1.82, 2.24) is 15.5 Å². The lowest BCUT2D eigenvalue weighted by atomic mass is 10.0. The number of piperidine rings is 1. The number of nitrogens with one attached hydrogen (secondary N) is 2. The third kappa shape index (κ3) is 5.83. The maximum atomic E-state index is 12.8. The summed E-state index contributed by atoms with van der Waals surface area (Å²) in [5.41, 5.74) is 5.70. The van der Waals surface area contributed by atoms with Gasteiger partial charge in [-0.3, -0.25) is 34.2 Å². The van der Waals surface area contributed by atoms with Crippen molar-refractivity contribution in [2.75, 3.05) is 19.7 Å². The molecule has 2 heterocycles. The molecule has 3 rings (SSSR count). The van der Waals surface area contributed by atoms with Gasteiger partial charge in [-0.2, -0.15) is 0 Å². The van der Waals surface area contributed by atoms with Crippen LogP contribution in [0.3, 0.4) is 0 Å². The molecule has 1 unspecified atom stereocenters. The number of unbranched alkanes of at least 4 members (excludes halogenated alkanes) is 3. The molecule has 2 aliphatic rings. The number of fused-ring (bicyclic) bond motifs is 1. The Morgan fingerprint density at radius 3 is 2.53 bits per heavy atom. The van der Waals surface area contributed by atoms with Gasteiger partial charge in [0.15, 0.2) is 6.61 Å². The van der Waals surface area contributed by atoms with Crippen LogP contribution in [0.4, 0.5) is 0 Å². The first-order valence-electron chi connectivity index (χ1n) is 10.4. The highest BCUT2D eigenvalue weighted by Gasteiger charge is 2.44. The van der Waals surface area contributed by atoms with E-state index in [9.17, 15) is 24.0 Å². The fraction of sp³-hybridized carbons (Fsp3) is 0.476. The number of imide groups is 2. The minimum Gasteiger partial charge on any atom is -0.484 e. The molecule has 4 N–H and O–H groups in total. The number of nitrogens with zero attached hydrogens (tertiary/aromatic N) is 1. The molecule has 0 aromatic heterocycles. The molecule has 0 saturated carbocycles. The van der Waals surface area contributed by atoms with Crippen LogP contribution < -0.4 is 21.1 Å². The first kappa shape index (κ1) is 25.3. The van der Waals surface area contributed by atoms with Gasteiger partial charge in [0.2, 0.25) is 11.8 Å². The molecule has 0 spiro atoms. The number of hydrogen-bond acceptors (Lipinski definition) is 7. The Morgan fingerprint density at radius 1 is 1.09 bits per heavy atom. The Bertz CT molecular complexity index is 906. The Kier molecular flexibility index (Phi) is 9.15. The SMILES string of the molecule is Cl.NCCCCCCNC(=O)COc1ccc2c(c1)C(=O)N(C1CCC(=O)NC1=O)C2=O. The molecule has 0 radical (unpaired) electrons. The van der Waals surface area contributed by atoms with Crippen LogP contribution in [0.25, 0.3) is 0 Å². The Morgan fingerprint density at radius 2 is 1.81 bits per heavy atom. The molecule has 5 amide bonds. The standard InChI is InChI=1S/C21H26N4O6.ClH/c22-9-3-1-2-4-10-23-18(27)12-31-13-5-6-14-15(11-13)21(30)25(20(14)29)16-7-8-17(26)24-19(16)28;/h5-6,11,16H,1-4,7-10,12,22H2,(H,23,27)(H,24,26,28);1H. The van der Waals surface area contributed by atoms with E-state index in [1.807, 2.05) is 0 Å². The van der Waals surface area contributed by atoms with Gasteiger partial charge < -0.3 is 15.8 Å². The van der Waals surface area contributed by atoms with E-state index in [0.29, 0.717) is 13.1 Å². The summed E-state index contributed by atoms with van der Waals surface area (Å²) in [6.07, 6.45) is 3.99. The van der Waals surface area contributed by atoms with Gasteiger partial charge in [0.05, 0.1) is 11.1 Å². The predicted molar refractivity (Wildman–Crippen MR) is 116 cm³/mol. The summed E-state index contributed by atoms with van der Waals surface area (Å²) in [5, 5.41) is 4.91. The lowest BCUT2D eigenvalue weighted by Crippen LogP contribution is -2.54. The normalized spacial score (nSPS) is 17.5. The summed E-state index contributed by atoms with van der Waals surface area (Å²) in [5.74, 6) is -2.32. The van der Waals surface area contributed by atoms with E-state index in [2.05, 4.69) is 10.6 Å². The van der Waals surface area contributed by atoms with E-state index in [1.165, 1.54) is 18.2 Å². The molecule has 174 valence electrons. The number of hydrogen-bond donors (Lipinski definition) is 3. The second kappa shape index (κ2) is 11.6. The van der Waals surface area contributed by atoms with Crippen LogP contribution in [-0.2, 0) is 14.4 Å². The van der Waals surface area contributed by atoms with Gasteiger partial charge in [-0.25, -0.2) is 0 Å². The Labute approximate surface area is 191 Å². The average molecular weight is 467 g/mol. The van der Waals surface area contributed by atoms with E-state index < -0.39 is 29.7 Å². The van der Waals surface area contributed by atoms with Crippen LogP contribution in [0.5, 0.6) is 5.75 Å². The number of carbonyl (C=O) groups excluding carboxylic acids is 5. The van der Waals surface area contributed by atoms with Crippen molar-refractivity contribution >= 4 is 41.9 Å². The van der Waals surface area contributed by atoms with Crippen molar-refractivity contribution < 1.29 is 28.7 Å². The zero-order chi connectivity index (χ0) is 22.4.